The molecule has 0 radical (unpaired) electrons. The fraction of sp³-hybridized carbons (Fsp3) is 0.200. The van der Waals surface area contributed by atoms with E-state index in [0.29, 0.717) is 23.0 Å². The first kappa shape index (κ1) is 19.1. The number of carbonyl (C=O) groups is 2. The van der Waals surface area contributed by atoms with Gasteiger partial charge in [-0.15, -0.1) is 0 Å². The maximum atomic E-state index is 12.4. The molecule has 0 saturated heterocycles. The standard InChI is InChI=1S/C20H19NO7/c1-24-16-9-13(20(23)26-3)14(10-17(16)25-2)21-19(22)7-5-12-4-6-15-18(8-12)28-11-27-15/h4-10H,11H2,1-3H3,(H,21,22). The predicted octanol–water partition coefficient (Wildman–Crippen LogP) is 2.87. The molecule has 2 aromatic rings. The van der Waals surface area contributed by atoms with Crippen LogP contribution in [0, 0.1) is 0 Å². The van der Waals surface area contributed by atoms with Gasteiger partial charge in [0.2, 0.25) is 12.7 Å². The van der Waals surface area contributed by atoms with Gasteiger partial charge in [0.05, 0.1) is 32.6 Å². The lowest BCUT2D eigenvalue weighted by atomic mass is 10.1. The lowest BCUT2D eigenvalue weighted by Gasteiger charge is -2.14. The van der Waals surface area contributed by atoms with Gasteiger partial charge < -0.3 is 29.0 Å². The number of ether oxygens (including phenoxy) is 5. The van der Waals surface area contributed by atoms with Crippen LogP contribution in [-0.4, -0.2) is 40.0 Å². The molecule has 1 aliphatic rings. The molecule has 1 aliphatic heterocycles. The lowest BCUT2D eigenvalue weighted by Crippen LogP contribution is -2.13. The van der Waals surface area contributed by atoms with Crippen LogP contribution in [0.3, 0.4) is 0 Å². The van der Waals surface area contributed by atoms with Crippen molar-refractivity contribution in [3.05, 3.63) is 47.5 Å². The second-order valence-corrected chi connectivity index (χ2v) is 5.68. The highest BCUT2D eigenvalue weighted by Crippen LogP contribution is 2.34. The molecule has 0 unspecified atom stereocenters. The van der Waals surface area contributed by atoms with Crippen molar-refractivity contribution < 1.29 is 33.3 Å². The van der Waals surface area contributed by atoms with Crippen LogP contribution in [0.2, 0.25) is 0 Å². The number of anilines is 1. The van der Waals surface area contributed by atoms with Crippen molar-refractivity contribution in [2.24, 2.45) is 0 Å². The number of fused-ring (bicyclic) bond motifs is 1. The number of rotatable bonds is 6. The van der Waals surface area contributed by atoms with Crippen LogP contribution in [0.1, 0.15) is 15.9 Å². The molecule has 0 saturated carbocycles. The van der Waals surface area contributed by atoms with Crippen molar-refractivity contribution in [1.82, 2.24) is 0 Å². The van der Waals surface area contributed by atoms with E-state index in [1.807, 2.05) is 0 Å². The molecule has 0 aromatic heterocycles. The minimum absolute atomic E-state index is 0.143. The van der Waals surface area contributed by atoms with E-state index in [4.69, 9.17) is 23.7 Å². The van der Waals surface area contributed by atoms with Crippen molar-refractivity contribution in [1.29, 1.82) is 0 Å². The number of benzene rings is 2. The quantitative estimate of drug-likeness (QED) is 0.604. The second kappa shape index (κ2) is 8.34. The van der Waals surface area contributed by atoms with Gasteiger partial charge in [0.1, 0.15) is 0 Å². The zero-order valence-electron chi connectivity index (χ0n) is 15.6. The summed E-state index contributed by atoms with van der Waals surface area (Å²) in [6.07, 6.45) is 2.96. The summed E-state index contributed by atoms with van der Waals surface area (Å²) in [4.78, 5) is 24.4. The van der Waals surface area contributed by atoms with Crippen molar-refractivity contribution >= 4 is 23.6 Å². The van der Waals surface area contributed by atoms with Crippen molar-refractivity contribution in [3.8, 4) is 23.0 Å². The van der Waals surface area contributed by atoms with Gasteiger partial charge in [-0.1, -0.05) is 6.07 Å². The second-order valence-electron chi connectivity index (χ2n) is 5.68. The molecule has 1 amide bonds. The van der Waals surface area contributed by atoms with E-state index in [9.17, 15) is 9.59 Å². The minimum atomic E-state index is -0.615. The highest BCUT2D eigenvalue weighted by molar-refractivity contribution is 6.07. The van der Waals surface area contributed by atoms with Crippen LogP contribution < -0.4 is 24.3 Å². The molecule has 8 heteroatoms. The smallest absolute Gasteiger partial charge is 0.340 e. The summed E-state index contributed by atoms with van der Waals surface area (Å²) < 4.78 is 25.8. The summed E-state index contributed by atoms with van der Waals surface area (Å²) in [7, 11) is 4.16. The topological polar surface area (TPSA) is 92.3 Å². The van der Waals surface area contributed by atoms with Crippen LogP contribution >= 0.6 is 0 Å². The van der Waals surface area contributed by atoms with Gasteiger partial charge in [0, 0.05) is 18.2 Å². The molecular formula is C20H19NO7. The molecular weight excluding hydrogens is 366 g/mol. The first-order valence-electron chi connectivity index (χ1n) is 8.28. The Labute approximate surface area is 161 Å². The molecule has 0 atom stereocenters. The van der Waals surface area contributed by atoms with E-state index in [2.05, 4.69) is 5.32 Å². The van der Waals surface area contributed by atoms with Gasteiger partial charge >= 0.3 is 5.97 Å². The predicted molar refractivity (Wildman–Crippen MR) is 101 cm³/mol. The van der Waals surface area contributed by atoms with Gasteiger partial charge in [0.25, 0.3) is 0 Å². The molecule has 0 aliphatic carbocycles. The van der Waals surface area contributed by atoms with E-state index >= 15 is 0 Å². The summed E-state index contributed by atoms with van der Waals surface area (Å²) >= 11 is 0. The van der Waals surface area contributed by atoms with Crippen LogP contribution in [0.4, 0.5) is 5.69 Å². The fourth-order valence-corrected chi connectivity index (χ4v) is 2.62. The van der Waals surface area contributed by atoms with Crippen molar-refractivity contribution in [2.75, 3.05) is 33.4 Å². The number of hydrogen-bond donors (Lipinski definition) is 1. The van der Waals surface area contributed by atoms with E-state index in [0.717, 1.165) is 5.56 Å². The van der Waals surface area contributed by atoms with Crippen LogP contribution in [0.15, 0.2) is 36.4 Å². The summed E-state index contributed by atoms with van der Waals surface area (Å²) in [5, 5.41) is 2.66. The monoisotopic (exact) mass is 385 g/mol. The summed E-state index contributed by atoms with van der Waals surface area (Å²) in [6.45, 7) is 0.179. The van der Waals surface area contributed by atoms with E-state index < -0.39 is 11.9 Å². The highest BCUT2D eigenvalue weighted by Gasteiger charge is 2.18. The molecule has 0 bridgehead atoms. The maximum absolute atomic E-state index is 12.4. The van der Waals surface area contributed by atoms with Crippen molar-refractivity contribution in [2.45, 2.75) is 0 Å². The Morgan fingerprint density at radius 3 is 2.43 bits per heavy atom. The van der Waals surface area contributed by atoms with Crippen LogP contribution in [0.25, 0.3) is 6.08 Å². The van der Waals surface area contributed by atoms with Crippen molar-refractivity contribution in [3.63, 3.8) is 0 Å². The van der Waals surface area contributed by atoms with Gasteiger partial charge in [-0.3, -0.25) is 4.79 Å². The molecule has 0 fully saturated rings. The Morgan fingerprint density at radius 2 is 1.71 bits per heavy atom. The highest BCUT2D eigenvalue weighted by atomic mass is 16.7. The number of esters is 1. The Balaban J connectivity index is 1.81. The summed E-state index contributed by atoms with van der Waals surface area (Å²) in [5.74, 6) is 0.943. The average molecular weight is 385 g/mol. The number of methoxy groups -OCH3 is 3. The number of carbonyl (C=O) groups excluding carboxylic acids is 2. The van der Waals surface area contributed by atoms with Gasteiger partial charge in [0.15, 0.2) is 23.0 Å². The third kappa shape index (κ3) is 4.01. The van der Waals surface area contributed by atoms with Crippen LogP contribution in [0.5, 0.6) is 23.0 Å². The minimum Gasteiger partial charge on any atom is -0.493 e. The molecule has 28 heavy (non-hydrogen) atoms. The molecule has 146 valence electrons. The molecule has 2 aromatic carbocycles. The lowest BCUT2D eigenvalue weighted by molar-refractivity contribution is -0.111. The first-order chi connectivity index (χ1) is 13.5. The Bertz CT molecular complexity index is 936. The normalized spacial score (nSPS) is 12.0. The zero-order valence-corrected chi connectivity index (χ0v) is 15.6. The SMILES string of the molecule is COC(=O)c1cc(OC)c(OC)cc1NC(=O)C=Cc1ccc2c(c1)OCO2. The molecule has 1 heterocycles. The first-order valence-corrected chi connectivity index (χ1v) is 8.28. The number of amides is 1. The molecule has 3 rings (SSSR count). The number of hydrogen-bond acceptors (Lipinski definition) is 7. The Hall–Kier alpha value is -3.68. The molecule has 1 N–H and O–H groups in total. The van der Waals surface area contributed by atoms with E-state index in [-0.39, 0.29) is 18.0 Å². The van der Waals surface area contributed by atoms with Gasteiger partial charge in [-0.2, -0.15) is 0 Å². The Morgan fingerprint density at radius 1 is 1.00 bits per heavy atom. The van der Waals surface area contributed by atoms with Crippen LogP contribution in [-0.2, 0) is 9.53 Å². The molecule has 8 nitrogen and oxygen atoms in total. The average Bonchev–Trinajstić information content (AvgIpc) is 3.19. The summed E-state index contributed by atoms with van der Waals surface area (Å²) in [6, 6.07) is 8.28. The summed E-state index contributed by atoms with van der Waals surface area (Å²) in [5.41, 5.74) is 1.15. The molecule has 0 spiro atoms. The third-order valence-corrected chi connectivity index (χ3v) is 4.01. The largest absolute Gasteiger partial charge is 0.493 e. The zero-order chi connectivity index (χ0) is 20.1. The van der Waals surface area contributed by atoms with E-state index in [1.54, 1.807) is 24.3 Å². The van der Waals surface area contributed by atoms with Gasteiger partial charge in [-0.05, 0) is 23.8 Å². The maximum Gasteiger partial charge on any atom is 0.340 e. The van der Waals surface area contributed by atoms with E-state index in [1.165, 1.54) is 39.5 Å². The fourth-order valence-electron chi connectivity index (χ4n) is 2.62. The number of nitrogens with one attached hydrogen (secondary N) is 1. The van der Waals surface area contributed by atoms with Gasteiger partial charge in [-0.25, -0.2) is 4.79 Å². The Kier molecular flexibility index (Phi) is 5.69. The third-order valence-electron chi connectivity index (χ3n) is 4.01.